The van der Waals surface area contributed by atoms with Crippen molar-refractivity contribution in [2.24, 2.45) is 0 Å². The standard InChI is InChI=1S/FH.GeH4.H3P.Yb/h1H;1H4;1H3;. The fourth-order valence-electron chi connectivity index (χ4n) is 0. The molecule has 1 atom stereocenters. The van der Waals surface area contributed by atoms with Gasteiger partial charge >= 0.3 is 17.6 Å². The maximum absolute atomic E-state index is 0. The van der Waals surface area contributed by atoms with Gasteiger partial charge in [0.1, 0.15) is 0 Å². The van der Waals surface area contributed by atoms with Gasteiger partial charge in [-0.2, -0.15) is 9.90 Å². The van der Waals surface area contributed by atoms with Gasteiger partial charge in [-0.25, -0.2) is 0 Å². The van der Waals surface area contributed by atoms with Crippen molar-refractivity contribution in [1.29, 1.82) is 0 Å². The maximum Gasteiger partial charge on any atom is 0 e. The third-order valence-corrected chi connectivity index (χ3v) is 0. The van der Waals surface area contributed by atoms with Gasteiger partial charge in [-0.1, -0.05) is 0 Å². The zero-order chi connectivity index (χ0) is 0. The maximum atomic E-state index is 0. The summed E-state index contributed by atoms with van der Waals surface area (Å²) >= 11 is 0. The van der Waals surface area contributed by atoms with Crippen LogP contribution in [0, 0.1) is 46.9 Å². The van der Waals surface area contributed by atoms with E-state index in [9.17, 15) is 0 Å². The normalized spacial score (nSPS) is 0. The Hall–Kier alpha value is 2.42. The Morgan fingerprint density at radius 2 is 1.00 bits per heavy atom. The van der Waals surface area contributed by atoms with E-state index >= 15 is 0 Å². The van der Waals surface area contributed by atoms with Crippen LogP contribution in [0.5, 0.6) is 0 Å². The molecule has 0 radical (unpaired) electrons. The van der Waals surface area contributed by atoms with Crippen LogP contribution in [0.2, 0.25) is 0 Å². The van der Waals surface area contributed by atoms with E-state index in [1.165, 1.54) is 0 Å². The molecule has 0 rings (SSSR count). The molecule has 1 unspecified atom stereocenters. The fourth-order valence-corrected chi connectivity index (χ4v) is 0. The summed E-state index contributed by atoms with van der Waals surface area (Å²) < 4.78 is 0. The molecular weight excluding hydrogens is 296 g/mol. The van der Waals surface area contributed by atoms with E-state index in [1.54, 1.807) is 0 Å². The molecule has 38 valence electrons. The Bertz CT molecular complexity index is 8.00. The summed E-state index contributed by atoms with van der Waals surface area (Å²) in [5.41, 5.74) is 0. The average Bonchev–Trinajstić information content (AvgIpc) is 0. The van der Waals surface area contributed by atoms with Crippen molar-refractivity contribution in [3.8, 4) is 0 Å². The molecule has 0 N–H and O–H groups in total. The smallest absolute Gasteiger partial charge is 0 e. The quantitative estimate of drug-likeness (QED) is 0.388. The molecule has 0 amide bonds. The van der Waals surface area contributed by atoms with Crippen LogP contribution in [-0.4, -0.2) is 17.6 Å². The number of halogens is 1. The predicted molar refractivity (Wildman–Crippen MR) is 24.9 cm³/mol. The Morgan fingerprint density at radius 1 is 1.00 bits per heavy atom. The molecule has 4 heavy (non-hydrogen) atoms. The van der Waals surface area contributed by atoms with Gasteiger partial charge < -0.3 is 0 Å². The minimum absolute atomic E-state index is 0. The van der Waals surface area contributed by atoms with Gasteiger partial charge in [-0.3, -0.25) is 4.70 Å². The van der Waals surface area contributed by atoms with Crippen LogP contribution < -0.4 is 0 Å². The summed E-state index contributed by atoms with van der Waals surface area (Å²) in [6.45, 7) is 0. The molecular formula is H8FGePYb. The second-order valence-electron chi connectivity index (χ2n) is 0. The van der Waals surface area contributed by atoms with Crippen LogP contribution in [0.25, 0.3) is 0 Å². The molecule has 0 spiro atoms. The van der Waals surface area contributed by atoms with Crippen LogP contribution in [0.4, 0.5) is 4.70 Å². The zero-order valence-corrected chi connectivity index (χ0v) is 4.51. The molecule has 0 heterocycles. The summed E-state index contributed by atoms with van der Waals surface area (Å²) in [7, 11) is 0. The first-order valence-electron chi connectivity index (χ1n) is 0. The van der Waals surface area contributed by atoms with Crippen molar-refractivity contribution in [2.75, 3.05) is 0 Å². The van der Waals surface area contributed by atoms with Crippen LogP contribution >= 0.6 is 9.90 Å². The molecule has 0 aliphatic heterocycles. The molecule has 0 saturated carbocycles. The molecule has 4 heteroatoms. The number of hydrogen-bond acceptors (Lipinski definition) is 0. The predicted octanol–water partition coefficient (Wildman–Crippen LogP) is -1.24. The van der Waals surface area contributed by atoms with Crippen molar-refractivity contribution < 1.29 is 51.6 Å². The Morgan fingerprint density at radius 3 is 1.00 bits per heavy atom. The van der Waals surface area contributed by atoms with Gasteiger partial charge in [0.05, 0.1) is 0 Å². The molecule has 0 nitrogen and oxygen atoms in total. The first-order chi connectivity index (χ1) is 0. The van der Waals surface area contributed by atoms with Crippen molar-refractivity contribution in [3.05, 3.63) is 0 Å². The minimum Gasteiger partial charge on any atom is 0 e. The van der Waals surface area contributed by atoms with E-state index < -0.39 is 0 Å². The summed E-state index contributed by atoms with van der Waals surface area (Å²) in [4.78, 5) is 0. The fraction of sp³-hybridized carbons (Fsp3) is 0. The topological polar surface area (TPSA) is 0 Å². The molecule has 0 aromatic carbocycles. The van der Waals surface area contributed by atoms with Gasteiger partial charge in [0, 0.05) is 46.9 Å². The molecule has 0 bridgehead atoms. The van der Waals surface area contributed by atoms with E-state index in [0.29, 0.717) is 0 Å². The minimum atomic E-state index is 0. The van der Waals surface area contributed by atoms with Crippen LogP contribution in [0.15, 0.2) is 0 Å². The monoisotopic (exact) mass is 306 g/mol. The summed E-state index contributed by atoms with van der Waals surface area (Å²) in [6, 6.07) is 0. The third kappa shape index (κ3) is 8.83. The number of hydrogen-bond donors (Lipinski definition) is 0. The molecule has 0 aliphatic rings. The van der Waals surface area contributed by atoms with Gasteiger partial charge in [0.2, 0.25) is 0 Å². The number of rotatable bonds is 0. The van der Waals surface area contributed by atoms with Crippen LogP contribution in [-0.2, 0) is 0 Å². The van der Waals surface area contributed by atoms with Gasteiger partial charge in [-0.15, -0.1) is 0 Å². The molecule has 0 saturated heterocycles. The van der Waals surface area contributed by atoms with Crippen molar-refractivity contribution in [3.63, 3.8) is 0 Å². The average molecular weight is 304 g/mol. The summed E-state index contributed by atoms with van der Waals surface area (Å²) in [5, 5.41) is 0. The van der Waals surface area contributed by atoms with E-state index in [2.05, 4.69) is 0 Å². The zero-order valence-electron chi connectivity index (χ0n) is 1.38. The molecule has 0 aliphatic carbocycles. The Balaban J connectivity index is 0. The largest absolute Gasteiger partial charge is 0 e. The van der Waals surface area contributed by atoms with E-state index in [4.69, 9.17) is 0 Å². The van der Waals surface area contributed by atoms with Gasteiger partial charge in [-0.05, 0) is 0 Å². The second-order valence-corrected chi connectivity index (χ2v) is 0. The van der Waals surface area contributed by atoms with Crippen molar-refractivity contribution in [1.82, 2.24) is 0 Å². The van der Waals surface area contributed by atoms with Crippen LogP contribution in [0.3, 0.4) is 0 Å². The Kier molecular flexibility index (Phi) is 145. The summed E-state index contributed by atoms with van der Waals surface area (Å²) in [6.07, 6.45) is 0. The SMILES string of the molecule is F.P.[GeH4].[Yb]. The van der Waals surface area contributed by atoms with E-state index in [-0.39, 0.29) is 79.1 Å². The van der Waals surface area contributed by atoms with Gasteiger partial charge in [0.25, 0.3) is 0 Å². The van der Waals surface area contributed by atoms with E-state index in [0.717, 1.165) is 0 Å². The van der Waals surface area contributed by atoms with E-state index in [1.807, 2.05) is 0 Å². The van der Waals surface area contributed by atoms with Crippen molar-refractivity contribution >= 4 is 27.5 Å². The Labute approximate surface area is 77.7 Å². The molecule has 0 aromatic heterocycles. The van der Waals surface area contributed by atoms with Gasteiger partial charge in [0.15, 0.2) is 0 Å². The molecule has 0 fully saturated rings. The second kappa shape index (κ2) is 18.1. The first-order valence-corrected chi connectivity index (χ1v) is 0. The third-order valence-electron chi connectivity index (χ3n) is 0. The van der Waals surface area contributed by atoms with Crippen LogP contribution in [0.1, 0.15) is 0 Å². The first kappa shape index (κ1) is 32.2. The van der Waals surface area contributed by atoms with Crippen molar-refractivity contribution in [2.45, 2.75) is 0 Å². The summed E-state index contributed by atoms with van der Waals surface area (Å²) in [5.74, 6) is 0. The molecule has 0 aromatic rings.